The van der Waals surface area contributed by atoms with Crippen LogP contribution in [0, 0.1) is 5.92 Å². The fraction of sp³-hybridized carbons (Fsp3) is 0.500. The molecule has 1 aromatic heterocycles. The number of hydrogen-bond acceptors (Lipinski definition) is 1. The molecule has 0 atom stereocenters. The van der Waals surface area contributed by atoms with E-state index in [1.54, 1.807) is 12.1 Å². The van der Waals surface area contributed by atoms with E-state index in [2.05, 4.69) is 4.57 Å². The summed E-state index contributed by atoms with van der Waals surface area (Å²) in [4.78, 5) is 10.8. The molecule has 12 heavy (non-hydrogen) atoms. The number of rotatable bonds is 2. The molecular weight excluding hydrogens is 150 g/mol. The fourth-order valence-corrected chi connectivity index (χ4v) is 1.54. The minimum atomic E-state index is 0.0971. The Bertz CT molecular complexity index is 291. The molecule has 2 rings (SSSR count). The van der Waals surface area contributed by atoms with E-state index >= 15 is 0 Å². The maximum Gasteiger partial charge on any atom is 0.181 e. The highest BCUT2D eigenvalue weighted by atomic mass is 16.1. The summed E-state index contributed by atoms with van der Waals surface area (Å²) < 4.78 is 2.10. The van der Waals surface area contributed by atoms with Crippen molar-refractivity contribution < 1.29 is 0 Å². The van der Waals surface area contributed by atoms with Crippen LogP contribution < -0.4 is 5.43 Å². The van der Waals surface area contributed by atoms with Gasteiger partial charge in [-0.2, -0.15) is 0 Å². The van der Waals surface area contributed by atoms with Crippen LogP contribution in [0.5, 0.6) is 0 Å². The predicted octanol–water partition coefficient (Wildman–Crippen LogP) is 1.65. The summed E-state index contributed by atoms with van der Waals surface area (Å²) in [5.74, 6) is 0.854. The quantitative estimate of drug-likeness (QED) is 0.649. The van der Waals surface area contributed by atoms with E-state index in [0.29, 0.717) is 0 Å². The summed E-state index contributed by atoms with van der Waals surface area (Å²) in [6.07, 6.45) is 7.84. The summed E-state index contributed by atoms with van der Waals surface area (Å²) in [7, 11) is 0. The smallest absolute Gasteiger partial charge is 0.181 e. The number of nitrogens with zero attached hydrogens (tertiary/aromatic N) is 1. The third-order valence-electron chi connectivity index (χ3n) is 2.55. The highest BCUT2D eigenvalue weighted by molar-refractivity contribution is 4.94. The van der Waals surface area contributed by atoms with Gasteiger partial charge in [0.05, 0.1) is 0 Å². The second-order valence-corrected chi connectivity index (χ2v) is 3.53. The average molecular weight is 163 g/mol. The molecule has 0 unspecified atom stereocenters. The maximum absolute atomic E-state index is 10.8. The van der Waals surface area contributed by atoms with Gasteiger partial charge < -0.3 is 4.57 Å². The largest absolute Gasteiger partial charge is 0.354 e. The Morgan fingerprint density at radius 2 is 2.00 bits per heavy atom. The normalized spacial score (nSPS) is 17.3. The van der Waals surface area contributed by atoms with Crippen molar-refractivity contribution in [3.05, 3.63) is 34.7 Å². The molecule has 0 aromatic carbocycles. The first-order chi connectivity index (χ1) is 5.84. The number of aromatic nitrogens is 1. The minimum Gasteiger partial charge on any atom is -0.354 e. The van der Waals surface area contributed by atoms with Gasteiger partial charge in [-0.25, -0.2) is 0 Å². The van der Waals surface area contributed by atoms with Crippen LogP contribution in [0.1, 0.15) is 19.3 Å². The van der Waals surface area contributed by atoms with Gasteiger partial charge in [-0.3, -0.25) is 4.79 Å². The van der Waals surface area contributed by atoms with E-state index in [9.17, 15) is 4.79 Å². The van der Waals surface area contributed by atoms with Gasteiger partial charge in [-0.05, 0) is 18.8 Å². The molecule has 0 aliphatic heterocycles. The first-order valence-corrected chi connectivity index (χ1v) is 4.51. The van der Waals surface area contributed by atoms with Crippen molar-refractivity contribution in [2.24, 2.45) is 5.92 Å². The van der Waals surface area contributed by atoms with Crippen molar-refractivity contribution in [2.45, 2.75) is 25.8 Å². The molecule has 1 aliphatic rings. The molecule has 0 bridgehead atoms. The third-order valence-corrected chi connectivity index (χ3v) is 2.55. The standard InChI is InChI=1S/C10H13NO/c12-10-4-6-11(7-5-10)8-9-2-1-3-9/h4-7,9H,1-3,8H2. The minimum absolute atomic E-state index is 0.0971. The zero-order valence-corrected chi connectivity index (χ0v) is 7.07. The van der Waals surface area contributed by atoms with E-state index < -0.39 is 0 Å². The van der Waals surface area contributed by atoms with Crippen LogP contribution in [0.15, 0.2) is 29.3 Å². The van der Waals surface area contributed by atoms with Crippen LogP contribution >= 0.6 is 0 Å². The van der Waals surface area contributed by atoms with Crippen molar-refractivity contribution in [1.29, 1.82) is 0 Å². The molecule has 0 amide bonds. The summed E-state index contributed by atoms with van der Waals surface area (Å²) in [6, 6.07) is 3.25. The Labute approximate surface area is 71.8 Å². The first-order valence-electron chi connectivity index (χ1n) is 4.51. The van der Waals surface area contributed by atoms with Crippen molar-refractivity contribution in [3.63, 3.8) is 0 Å². The summed E-state index contributed by atoms with van der Waals surface area (Å²) >= 11 is 0. The highest BCUT2D eigenvalue weighted by Gasteiger charge is 2.16. The zero-order valence-electron chi connectivity index (χ0n) is 7.07. The Kier molecular flexibility index (Phi) is 1.98. The molecule has 0 spiro atoms. The van der Waals surface area contributed by atoms with Crippen LogP contribution in [0.4, 0.5) is 0 Å². The Balaban J connectivity index is 2.03. The van der Waals surface area contributed by atoms with E-state index in [1.165, 1.54) is 19.3 Å². The summed E-state index contributed by atoms with van der Waals surface area (Å²) in [6.45, 7) is 1.08. The molecule has 1 saturated carbocycles. The molecule has 1 fully saturated rings. The lowest BCUT2D eigenvalue weighted by Crippen LogP contribution is -2.18. The van der Waals surface area contributed by atoms with Gasteiger partial charge in [0, 0.05) is 31.1 Å². The van der Waals surface area contributed by atoms with Gasteiger partial charge in [0.15, 0.2) is 5.43 Å². The van der Waals surface area contributed by atoms with E-state index in [1.807, 2.05) is 12.4 Å². The summed E-state index contributed by atoms with van der Waals surface area (Å²) in [5.41, 5.74) is 0.0971. The molecule has 0 saturated heterocycles. The molecule has 0 N–H and O–H groups in total. The van der Waals surface area contributed by atoms with Crippen LogP contribution in [0.2, 0.25) is 0 Å². The van der Waals surface area contributed by atoms with Gasteiger partial charge >= 0.3 is 0 Å². The Hall–Kier alpha value is -1.05. The molecule has 1 aromatic rings. The second-order valence-electron chi connectivity index (χ2n) is 3.53. The zero-order chi connectivity index (χ0) is 8.39. The number of hydrogen-bond donors (Lipinski definition) is 0. The maximum atomic E-state index is 10.8. The molecule has 2 nitrogen and oxygen atoms in total. The van der Waals surface area contributed by atoms with Gasteiger partial charge in [0.2, 0.25) is 0 Å². The van der Waals surface area contributed by atoms with Gasteiger partial charge in [0.25, 0.3) is 0 Å². The molecule has 0 radical (unpaired) electrons. The highest BCUT2D eigenvalue weighted by Crippen LogP contribution is 2.27. The van der Waals surface area contributed by atoms with Crippen LogP contribution in [-0.2, 0) is 6.54 Å². The van der Waals surface area contributed by atoms with Gasteiger partial charge in [-0.15, -0.1) is 0 Å². The molecule has 64 valence electrons. The van der Waals surface area contributed by atoms with Crippen molar-refractivity contribution in [1.82, 2.24) is 4.57 Å². The van der Waals surface area contributed by atoms with E-state index in [4.69, 9.17) is 0 Å². The predicted molar refractivity (Wildman–Crippen MR) is 48.0 cm³/mol. The van der Waals surface area contributed by atoms with Crippen LogP contribution in [0.25, 0.3) is 0 Å². The summed E-state index contributed by atoms with van der Waals surface area (Å²) in [5, 5.41) is 0. The van der Waals surface area contributed by atoms with Crippen molar-refractivity contribution in [2.75, 3.05) is 0 Å². The SMILES string of the molecule is O=c1ccn(CC2CCC2)cc1. The lowest BCUT2D eigenvalue weighted by atomic mass is 9.85. The monoisotopic (exact) mass is 163 g/mol. The Morgan fingerprint density at radius 3 is 2.50 bits per heavy atom. The van der Waals surface area contributed by atoms with E-state index in [-0.39, 0.29) is 5.43 Å². The van der Waals surface area contributed by atoms with Crippen LogP contribution in [-0.4, -0.2) is 4.57 Å². The molecule has 1 heterocycles. The van der Waals surface area contributed by atoms with Gasteiger partial charge in [0.1, 0.15) is 0 Å². The molecular formula is C10H13NO. The van der Waals surface area contributed by atoms with Crippen molar-refractivity contribution >= 4 is 0 Å². The second kappa shape index (κ2) is 3.13. The first kappa shape index (κ1) is 7.59. The van der Waals surface area contributed by atoms with Gasteiger partial charge in [-0.1, -0.05) is 6.42 Å². The third kappa shape index (κ3) is 1.58. The molecule has 2 heteroatoms. The topological polar surface area (TPSA) is 22.0 Å². The average Bonchev–Trinajstić information content (AvgIpc) is 2.00. The Morgan fingerprint density at radius 1 is 1.33 bits per heavy atom. The van der Waals surface area contributed by atoms with Crippen molar-refractivity contribution in [3.8, 4) is 0 Å². The lowest BCUT2D eigenvalue weighted by molar-refractivity contribution is 0.276. The fourth-order valence-electron chi connectivity index (χ4n) is 1.54. The lowest BCUT2D eigenvalue weighted by Gasteiger charge is -2.26. The van der Waals surface area contributed by atoms with Crippen LogP contribution in [0.3, 0.4) is 0 Å². The van der Waals surface area contributed by atoms with E-state index in [0.717, 1.165) is 12.5 Å². The molecule has 1 aliphatic carbocycles. The number of pyridine rings is 1.